The highest BCUT2D eigenvalue weighted by Crippen LogP contribution is 2.32. The van der Waals surface area contributed by atoms with Crippen molar-refractivity contribution in [1.82, 2.24) is 5.32 Å². The number of aliphatic carboxylic acids is 1. The van der Waals surface area contributed by atoms with E-state index in [0.717, 1.165) is 28.0 Å². The normalized spacial score (nSPS) is 17.7. The summed E-state index contributed by atoms with van der Waals surface area (Å²) in [6, 6.07) is 12.5. The lowest BCUT2D eigenvalue weighted by Crippen LogP contribution is -2.42. The summed E-state index contributed by atoms with van der Waals surface area (Å²) >= 11 is 0. The van der Waals surface area contributed by atoms with Crippen LogP contribution in [0.15, 0.2) is 42.5 Å². The van der Waals surface area contributed by atoms with Crippen molar-refractivity contribution in [2.75, 3.05) is 0 Å². The standard InChI is InChI=1S/C21H23NO4/c1-12-9-16-11-18(26-17(16)10-13(12)2)20(23)22-19(14(3)21(24)25)15-7-5-4-6-8-15/h4-10,14,18-19H,11H2,1-3H3,(H,22,23)(H,24,25). The second-order valence-electron chi connectivity index (χ2n) is 6.88. The third kappa shape index (κ3) is 3.57. The highest BCUT2D eigenvalue weighted by molar-refractivity contribution is 5.84. The van der Waals surface area contributed by atoms with E-state index in [0.29, 0.717) is 6.42 Å². The van der Waals surface area contributed by atoms with Crippen LogP contribution in [-0.4, -0.2) is 23.1 Å². The number of nitrogens with one attached hydrogen (secondary N) is 1. The molecule has 2 aromatic rings. The van der Waals surface area contributed by atoms with Crippen LogP contribution in [0.25, 0.3) is 0 Å². The SMILES string of the molecule is Cc1cc2c(cc1C)OC(C(=O)NC(c1ccccc1)C(C)C(=O)O)C2. The predicted octanol–water partition coefficient (Wildman–Crippen LogP) is 3.19. The van der Waals surface area contributed by atoms with Crippen LogP contribution in [0.3, 0.4) is 0 Å². The Kier molecular flexibility index (Phi) is 4.98. The van der Waals surface area contributed by atoms with Crippen molar-refractivity contribution in [3.8, 4) is 5.75 Å². The molecule has 1 aliphatic rings. The summed E-state index contributed by atoms with van der Waals surface area (Å²) in [5.74, 6) is -1.27. The van der Waals surface area contributed by atoms with Crippen molar-refractivity contribution >= 4 is 11.9 Å². The summed E-state index contributed by atoms with van der Waals surface area (Å²) in [5, 5.41) is 12.3. The van der Waals surface area contributed by atoms with Crippen LogP contribution in [-0.2, 0) is 16.0 Å². The zero-order valence-corrected chi connectivity index (χ0v) is 15.2. The fourth-order valence-electron chi connectivity index (χ4n) is 3.21. The molecule has 0 bridgehead atoms. The van der Waals surface area contributed by atoms with Gasteiger partial charge in [0, 0.05) is 6.42 Å². The smallest absolute Gasteiger partial charge is 0.308 e. The third-order valence-electron chi connectivity index (χ3n) is 4.99. The van der Waals surface area contributed by atoms with Gasteiger partial charge in [0.25, 0.3) is 5.91 Å². The Bertz CT molecular complexity index is 800. The molecule has 5 nitrogen and oxygen atoms in total. The van der Waals surface area contributed by atoms with E-state index in [4.69, 9.17) is 4.74 Å². The van der Waals surface area contributed by atoms with Gasteiger partial charge in [0.2, 0.25) is 0 Å². The molecule has 0 fully saturated rings. The minimum absolute atomic E-state index is 0.293. The largest absolute Gasteiger partial charge is 0.481 e. The topological polar surface area (TPSA) is 75.6 Å². The van der Waals surface area contributed by atoms with Gasteiger partial charge in [-0.25, -0.2) is 0 Å². The molecule has 0 aromatic heterocycles. The molecular weight excluding hydrogens is 330 g/mol. The summed E-state index contributed by atoms with van der Waals surface area (Å²) in [6.45, 7) is 5.63. The molecule has 0 saturated carbocycles. The monoisotopic (exact) mass is 353 g/mol. The van der Waals surface area contributed by atoms with Gasteiger partial charge >= 0.3 is 5.97 Å². The fourth-order valence-corrected chi connectivity index (χ4v) is 3.21. The number of fused-ring (bicyclic) bond motifs is 1. The number of carboxylic acid groups (broad SMARTS) is 1. The minimum Gasteiger partial charge on any atom is -0.481 e. The van der Waals surface area contributed by atoms with Crippen LogP contribution in [0, 0.1) is 19.8 Å². The molecule has 1 amide bonds. The molecule has 0 saturated heterocycles. The molecule has 26 heavy (non-hydrogen) atoms. The van der Waals surface area contributed by atoms with Crippen molar-refractivity contribution in [3.05, 3.63) is 64.7 Å². The van der Waals surface area contributed by atoms with E-state index >= 15 is 0 Å². The molecule has 0 radical (unpaired) electrons. The summed E-state index contributed by atoms with van der Waals surface area (Å²) in [7, 11) is 0. The number of carbonyl (C=O) groups is 2. The fraction of sp³-hybridized carbons (Fsp3) is 0.333. The maximum Gasteiger partial charge on any atom is 0.308 e. The van der Waals surface area contributed by atoms with Crippen LogP contribution in [0.4, 0.5) is 0 Å². The molecule has 3 unspecified atom stereocenters. The molecule has 136 valence electrons. The Morgan fingerprint density at radius 1 is 1.15 bits per heavy atom. The van der Waals surface area contributed by atoms with Crippen molar-refractivity contribution < 1.29 is 19.4 Å². The van der Waals surface area contributed by atoms with E-state index in [1.807, 2.05) is 56.3 Å². The van der Waals surface area contributed by atoms with Gasteiger partial charge in [-0.1, -0.05) is 36.4 Å². The highest BCUT2D eigenvalue weighted by Gasteiger charge is 2.33. The summed E-state index contributed by atoms with van der Waals surface area (Å²) in [6.07, 6.45) is -0.149. The molecule has 5 heteroatoms. The van der Waals surface area contributed by atoms with Crippen molar-refractivity contribution in [1.29, 1.82) is 0 Å². The Labute approximate surface area is 153 Å². The first-order valence-electron chi connectivity index (χ1n) is 8.71. The third-order valence-corrected chi connectivity index (χ3v) is 4.99. The minimum atomic E-state index is -0.957. The first-order chi connectivity index (χ1) is 12.4. The number of amides is 1. The molecule has 3 rings (SSSR count). The van der Waals surface area contributed by atoms with E-state index in [1.165, 1.54) is 0 Å². The highest BCUT2D eigenvalue weighted by atomic mass is 16.5. The van der Waals surface area contributed by atoms with E-state index in [2.05, 4.69) is 5.32 Å². The number of carboxylic acids is 1. The second kappa shape index (κ2) is 7.20. The molecule has 0 aliphatic carbocycles. The number of carbonyl (C=O) groups excluding carboxylic acids is 1. The van der Waals surface area contributed by atoms with E-state index < -0.39 is 24.0 Å². The van der Waals surface area contributed by atoms with Crippen LogP contribution >= 0.6 is 0 Å². The Morgan fingerprint density at radius 2 is 1.81 bits per heavy atom. The van der Waals surface area contributed by atoms with Crippen molar-refractivity contribution in [2.45, 2.75) is 39.3 Å². The molecule has 1 aliphatic heterocycles. The van der Waals surface area contributed by atoms with Crippen LogP contribution < -0.4 is 10.1 Å². The van der Waals surface area contributed by atoms with Crippen molar-refractivity contribution in [2.24, 2.45) is 5.92 Å². The molecule has 3 atom stereocenters. The van der Waals surface area contributed by atoms with Gasteiger partial charge in [-0.15, -0.1) is 0 Å². The van der Waals surface area contributed by atoms with Crippen LogP contribution in [0.2, 0.25) is 0 Å². The Morgan fingerprint density at radius 3 is 2.46 bits per heavy atom. The average Bonchev–Trinajstić information content (AvgIpc) is 3.02. The van der Waals surface area contributed by atoms with Crippen molar-refractivity contribution in [3.63, 3.8) is 0 Å². The Balaban J connectivity index is 1.78. The van der Waals surface area contributed by atoms with Gasteiger partial charge in [-0.05, 0) is 49.1 Å². The summed E-state index contributed by atoms with van der Waals surface area (Å²) < 4.78 is 5.82. The molecule has 2 N–H and O–H groups in total. The molecule has 1 heterocycles. The van der Waals surface area contributed by atoms with E-state index in [1.54, 1.807) is 6.92 Å². The molecule has 2 aromatic carbocycles. The maximum absolute atomic E-state index is 12.8. The maximum atomic E-state index is 12.8. The van der Waals surface area contributed by atoms with Gasteiger partial charge in [0.15, 0.2) is 6.10 Å². The molecular formula is C21H23NO4. The second-order valence-corrected chi connectivity index (χ2v) is 6.88. The van der Waals surface area contributed by atoms with E-state index in [-0.39, 0.29) is 5.91 Å². The number of rotatable bonds is 5. The number of hydrogen-bond donors (Lipinski definition) is 2. The first kappa shape index (κ1) is 18.0. The quantitative estimate of drug-likeness (QED) is 0.866. The summed E-state index contributed by atoms with van der Waals surface area (Å²) in [4.78, 5) is 24.3. The lowest BCUT2D eigenvalue weighted by Gasteiger charge is -2.24. The van der Waals surface area contributed by atoms with Gasteiger partial charge in [0.05, 0.1) is 12.0 Å². The Hall–Kier alpha value is -2.82. The number of benzene rings is 2. The van der Waals surface area contributed by atoms with Crippen LogP contribution in [0.1, 0.15) is 35.2 Å². The van der Waals surface area contributed by atoms with Gasteiger partial charge < -0.3 is 15.2 Å². The van der Waals surface area contributed by atoms with E-state index in [9.17, 15) is 14.7 Å². The van der Waals surface area contributed by atoms with Gasteiger partial charge in [0.1, 0.15) is 5.75 Å². The lowest BCUT2D eigenvalue weighted by atomic mass is 9.94. The first-order valence-corrected chi connectivity index (χ1v) is 8.71. The zero-order valence-electron chi connectivity index (χ0n) is 15.2. The lowest BCUT2D eigenvalue weighted by molar-refractivity contribution is -0.142. The zero-order chi connectivity index (χ0) is 18.8. The molecule has 0 spiro atoms. The number of hydrogen-bond acceptors (Lipinski definition) is 3. The summed E-state index contributed by atoms with van der Waals surface area (Å²) in [5.41, 5.74) is 4.05. The number of ether oxygens (including phenoxy) is 1. The van der Waals surface area contributed by atoms with Gasteiger partial charge in [-0.2, -0.15) is 0 Å². The number of aryl methyl sites for hydroxylation is 2. The average molecular weight is 353 g/mol. The predicted molar refractivity (Wildman–Crippen MR) is 98.2 cm³/mol. The van der Waals surface area contributed by atoms with Gasteiger partial charge in [-0.3, -0.25) is 9.59 Å². The van der Waals surface area contributed by atoms with Crippen LogP contribution in [0.5, 0.6) is 5.75 Å².